The minimum Gasteiger partial charge on any atom is -0.497 e. The minimum absolute atomic E-state index is 0.110. The number of benzene rings is 2. The standard InChI is InChI=1S/C22H27ClN2O3/c1-27-19-9-6-16(7-10-19)4-3-5-22(26)24-18-12-13-25(15-18)20-14-17(23)8-11-21(20)28-2/h6-11,14,18H,3-5,12-13,15H2,1-2H3,(H,24,26). The van der Waals surface area contributed by atoms with Gasteiger partial charge in [0.25, 0.3) is 0 Å². The summed E-state index contributed by atoms with van der Waals surface area (Å²) in [6, 6.07) is 13.8. The zero-order valence-corrected chi connectivity index (χ0v) is 17.2. The summed E-state index contributed by atoms with van der Waals surface area (Å²) < 4.78 is 10.6. The molecule has 0 radical (unpaired) electrons. The number of amides is 1. The molecule has 0 bridgehead atoms. The Morgan fingerprint density at radius 1 is 1.18 bits per heavy atom. The molecule has 1 saturated heterocycles. The molecule has 0 spiro atoms. The van der Waals surface area contributed by atoms with Gasteiger partial charge in [-0.2, -0.15) is 0 Å². The lowest BCUT2D eigenvalue weighted by atomic mass is 10.1. The Balaban J connectivity index is 1.44. The van der Waals surface area contributed by atoms with E-state index >= 15 is 0 Å². The molecule has 5 nitrogen and oxygen atoms in total. The molecule has 1 N–H and O–H groups in total. The zero-order valence-electron chi connectivity index (χ0n) is 16.4. The third-order valence-corrected chi connectivity index (χ3v) is 5.30. The first-order chi connectivity index (χ1) is 13.6. The molecule has 1 aliphatic rings. The molecule has 1 unspecified atom stereocenters. The highest BCUT2D eigenvalue weighted by atomic mass is 35.5. The Labute approximate surface area is 171 Å². The summed E-state index contributed by atoms with van der Waals surface area (Å²) in [5, 5.41) is 3.84. The normalized spacial score (nSPS) is 16.1. The van der Waals surface area contributed by atoms with Gasteiger partial charge in [-0.05, 0) is 55.2 Å². The van der Waals surface area contributed by atoms with Crippen molar-refractivity contribution >= 4 is 23.2 Å². The molecule has 0 aromatic heterocycles. The van der Waals surface area contributed by atoms with Crippen molar-refractivity contribution in [1.82, 2.24) is 5.32 Å². The van der Waals surface area contributed by atoms with Crippen molar-refractivity contribution in [2.24, 2.45) is 0 Å². The lowest BCUT2D eigenvalue weighted by Gasteiger charge is -2.21. The van der Waals surface area contributed by atoms with Gasteiger partial charge < -0.3 is 19.7 Å². The number of hydrogen-bond acceptors (Lipinski definition) is 4. The van der Waals surface area contributed by atoms with Gasteiger partial charge in [-0.1, -0.05) is 23.7 Å². The fraction of sp³-hybridized carbons (Fsp3) is 0.409. The number of ether oxygens (including phenoxy) is 2. The topological polar surface area (TPSA) is 50.8 Å². The SMILES string of the molecule is COc1ccc(CCCC(=O)NC2CCN(c3cc(Cl)ccc3OC)C2)cc1. The van der Waals surface area contributed by atoms with E-state index in [0.29, 0.717) is 11.4 Å². The molecule has 150 valence electrons. The van der Waals surface area contributed by atoms with Crippen LogP contribution in [0.2, 0.25) is 5.02 Å². The van der Waals surface area contributed by atoms with Crippen LogP contribution >= 0.6 is 11.6 Å². The van der Waals surface area contributed by atoms with E-state index in [4.69, 9.17) is 21.1 Å². The molecule has 1 fully saturated rings. The second-order valence-corrected chi connectivity index (χ2v) is 7.45. The van der Waals surface area contributed by atoms with E-state index in [2.05, 4.69) is 10.2 Å². The molecule has 28 heavy (non-hydrogen) atoms. The van der Waals surface area contributed by atoms with Crippen molar-refractivity contribution in [3.63, 3.8) is 0 Å². The fourth-order valence-corrected chi connectivity index (χ4v) is 3.72. The van der Waals surface area contributed by atoms with Gasteiger partial charge in [-0.3, -0.25) is 4.79 Å². The molecule has 1 amide bonds. The van der Waals surface area contributed by atoms with Gasteiger partial charge in [-0.25, -0.2) is 0 Å². The summed E-state index contributed by atoms with van der Waals surface area (Å²) in [4.78, 5) is 14.5. The van der Waals surface area contributed by atoms with Crippen LogP contribution in [0.1, 0.15) is 24.8 Å². The first-order valence-corrected chi connectivity index (χ1v) is 9.97. The number of anilines is 1. The maximum Gasteiger partial charge on any atom is 0.220 e. The Hall–Kier alpha value is -2.40. The number of nitrogens with zero attached hydrogens (tertiary/aromatic N) is 1. The van der Waals surface area contributed by atoms with Crippen molar-refractivity contribution < 1.29 is 14.3 Å². The van der Waals surface area contributed by atoms with Crippen LogP contribution in [0, 0.1) is 0 Å². The monoisotopic (exact) mass is 402 g/mol. The third-order valence-electron chi connectivity index (χ3n) is 5.06. The molecule has 1 atom stereocenters. The number of rotatable bonds is 8. The van der Waals surface area contributed by atoms with Crippen molar-refractivity contribution in [2.75, 3.05) is 32.2 Å². The fourth-order valence-electron chi connectivity index (χ4n) is 3.55. The highest BCUT2D eigenvalue weighted by molar-refractivity contribution is 6.30. The molecule has 1 heterocycles. The lowest BCUT2D eigenvalue weighted by Crippen LogP contribution is -2.37. The first kappa shape index (κ1) is 20.3. The van der Waals surface area contributed by atoms with Gasteiger partial charge in [0.2, 0.25) is 5.91 Å². The number of halogens is 1. The number of aryl methyl sites for hydroxylation is 1. The molecule has 3 rings (SSSR count). The van der Waals surface area contributed by atoms with Gasteiger partial charge >= 0.3 is 0 Å². The van der Waals surface area contributed by atoms with Gasteiger partial charge in [-0.15, -0.1) is 0 Å². The molecule has 0 aliphatic carbocycles. The van der Waals surface area contributed by atoms with E-state index in [1.807, 2.05) is 42.5 Å². The highest BCUT2D eigenvalue weighted by Gasteiger charge is 2.26. The van der Waals surface area contributed by atoms with Crippen molar-refractivity contribution in [2.45, 2.75) is 31.7 Å². The lowest BCUT2D eigenvalue weighted by molar-refractivity contribution is -0.121. The van der Waals surface area contributed by atoms with E-state index in [-0.39, 0.29) is 11.9 Å². The summed E-state index contributed by atoms with van der Waals surface area (Å²) in [6.07, 6.45) is 3.16. The van der Waals surface area contributed by atoms with Crippen LogP contribution in [-0.2, 0) is 11.2 Å². The molecular formula is C22H27ClN2O3. The number of carbonyl (C=O) groups excluding carboxylic acids is 1. The van der Waals surface area contributed by atoms with E-state index in [1.54, 1.807) is 14.2 Å². The van der Waals surface area contributed by atoms with E-state index in [9.17, 15) is 4.79 Å². The van der Waals surface area contributed by atoms with E-state index in [1.165, 1.54) is 5.56 Å². The zero-order chi connectivity index (χ0) is 19.9. The number of nitrogens with one attached hydrogen (secondary N) is 1. The van der Waals surface area contributed by atoms with Crippen LogP contribution < -0.4 is 19.7 Å². The molecule has 0 saturated carbocycles. The van der Waals surface area contributed by atoms with Crippen molar-refractivity contribution in [1.29, 1.82) is 0 Å². The third kappa shape index (κ3) is 5.32. The Kier molecular flexibility index (Phi) is 7.04. The molecule has 1 aliphatic heterocycles. The predicted molar refractivity (Wildman–Crippen MR) is 113 cm³/mol. The first-order valence-electron chi connectivity index (χ1n) is 9.60. The van der Waals surface area contributed by atoms with Crippen LogP contribution in [0.4, 0.5) is 5.69 Å². The van der Waals surface area contributed by atoms with E-state index < -0.39 is 0 Å². The Morgan fingerprint density at radius 2 is 1.96 bits per heavy atom. The van der Waals surface area contributed by atoms with Gasteiger partial charge in [0.05, 0.1) is 19.9 Å². The summed E-state index contributed by atoms with van der Waals surface area (Å²) in [6.45, 7) is 1.63. The van der Waals surface area contributed by atoms with Gasteiger partial charge in [0.1, 0.15) is 11.5 Å². The largest absolute Gasteiger partial charge is 0.497 e. The van der Waals surface area contributed by atoms with Crippen LogP contribution in [0.25, 0.3) is 0 Å². The predicted octanol–water partition coefficient (Wildman–Crippen LogP) is 4.08. The van der Waals surface area contributed by atoms with Crippen LogP contribution in [0.15, 0.2) is 42.5 Å². The molecule has 6 heteroatoms. The summed E-state index contributed by atoms with van der Waals surface area (Å²) >= 11 is 6.14. The van der Waals surface area contributed by atoms with E-state index in [0.717, 1.165) is 49.5 Å². The number of carbonyl (C=O) groups is 1. The maximum absolute atomic E-state index is 12.3. The second kappa shape index (κ2) is 9.69. The summed E-state index contributed by atoms with van der Waals surface area (Å²) in [5.74, 6) is 1.76. The second-order valence-electron chi connectivity index (χ2n) is 7.02. The quantitative estimate of drug-likeness (QED) is 0.723. The number of hydrogen-bond donors (Lipinski definition) is 1. The smallest absolute Gasteiger partial charge is 0.220 e. The van der Waals surface area contributed by atoms with Crippen LogP contribution in [-0.4, -0.2) is 39.3 Å². The Bertz CT molecular complexity index is 795. The molecule has 2 aromatic rings. The Morgan fingerprint density at radius 3 is 2.68 bits per heavy atom. The van der Waals surface area contributed by atoms with Crippen molar-refractivity contribution in [3.8, 4) is 11.5 Å². The summed E-state index contributed by atoms with van der Waals surface area (Å²) in [5.41, 5.74) is 2.19. The van der Waals surface area contributed by atoms with Gasteiger partial charge in [0.15, 0.2) is 0 Å². The number of methoxy groups -OCH3 is 2. The average Bonchev–Trinajstić information content (AvgIpc) is 3.16. The maximum atomic E-state index is 12.3. The minimum atomic E-state index is 0.110. The molecule has 2 aromatic carbocycles. The van der Waals surface area contributed by atoms with Crippen LogP contribution in [0.3, 0.4) is 0 Å². The average molecular weight is 403 g/mol. The van der Waals surface area contributed by atoms with Crippen molar-refractivity contribution in [3.05, 3.63) is 53.1 Å². The summed E-state index contributed by atoms with van der Waals surface area (Å²) in [7, 11) is 3.32. The van der Waals surface area contributed by atoms with Crippen LogP contribution in [0.5, 0.6) is 11.5 Å². The molecular weight excluding hydrogens is 376 g/mol. The van der Waals surface area contributed by atoms with Gasteiger partial charge in [0, 0.05) is 30.6 Å². The highest BCUT2D eigenvalue weighted by Crippen LogP contribution is 2.33.